The van der Waals surface area contributed by atoms with E-state index in [-0.39, 0.29) is 29.6 Å². The van der Waals surface area contributed by atoms with Crippen LogP contribution in [0.15, 0.2) is 45.9 Å². The lowest BCUT2D eigenvalue weighted by Crippen LogP contribution is -2.45. The summed E-state index contributed by atoms with van der Waals surface area (Å²) in [5.41, 5.74) is 1.57. The van der Waals surface area contributed by atoms with Crippen LogP contribution in [0.25, 0.3) is 11.3 Å². The van der Waals surface area contributed by atoms with Crippen LogP contribution in [0.1, 0.15) is 19.5 Å². The zero-order chi connectivity index (χ0) is 16.7. The van der Waals surface area contributed by atoms with Gasteiger partial charge in [0.25, 0.3) is 0 Å². The van der Waals surface area contributed by atoms with Gasteiger partial charge in [-0.2, -0.15) is 0 Å². The average Bonchev–Trinajstić information content (AvgIpc) is 3.05. The first-order valence-corrected chi connectivity index (χ1v) is 7.55. The van der Waals surface area contributed by atoms with Crippen LogP contribution in [0.4, 0.5) is 0 Å². The smallest absolute Gasteiger partial charge is 0.191 e. The second kappa shape index (κ2) is 9.63. The van der Waals surface area contributed by atoms with E-state index in [1.54, 1.807) is 14.2 Å². The molecule has 0 radical (unpaired) electrons. The molecule has 7 heteroatoms. The van der Waals surface area contributed by atoms with Crippen LogP contribution in [-0.2, 0) is 11.3 Å². The van der Waals surface area contributed by atoms with Gasteiger partial charge in [0, 0.05) is 32.3 Å². The number of hydrogen-bond donors (Lipinski definition) is 2. The fraction of sp³-hybridized carbons (Fsp3) is 0.412. The first kappa shape index (κ1) is 20.4. The number of methoxy groups -OCH3 is 1. The van der Waals surface area contributed by atoms with E-state index in [2.05, 4.69) is 20.8 Å². The van der Waals surface area contributed by atoms with E-state index in [0.717, 1.165) is 17.0 Å². The zero-order valence-corrected chi connectivity index (χ0v) is 16.8. The minimum Gasteiger partial charge on any atom is -0.377 e. The highest BCUT2D eigenvalue weighted by Crippen LogP contribution is 2.19. The molecule has 0 fully saturated rings. The standard InChI is InChI=1S/C17H24N4O2.HI/c1-17(2,22-4)12-20-16(18-3)19-11-14-10-15(23-21-14)13-8-6-5-7-9-13;/h5-10H,11-12H2,1-4H3,(H2,18,19,20);1H. The van der Waals surface area contributed by atoms with E-state index in [0.29, 0.717) is 19.0 Å². The van der Waals surface area contributed by atoms with Crippen LogP contribution in [0.2, 0.25) is 0 Å². The Kier molecular flexibility index (Phi) is 8.20. The predicted molar refractivity (Wildman–Crippen MR) is 107 cm³/mol. The lowest BCUT2D eigenvalue weighted by molar-refractivity contribution is 0.0268. The van der Waals surface area contributed by atoms with E-state index in [1.807, 2.05) is 50.2 Å². The Labute approximate surface area is 160 Å². The van der Waals surface area contributed by atoms with Crippen molar-refractivity contribution in [2.45, 2.75) is 26.0 Å². The van der Waals surface area contributed by atoms with Gasteiger partial charge in [-0.3, -0.25) is 4.99 Å². The molecule has 2 rings (SSSR count). The summed E-state index contributed by atoms with van der Waals surface area (Å²) < 4.78 is 10.8. The number of halogens is 1. The molecule has 2 aromatic rings. The number of aliphatic imine (C=N–C) groups is 1. The summed E-state index contributed by atoms with van der Waals surface area (Å²) >= 11 is 0. The number of nitrogens with zero attached hydrogens (tertiary/aromatic N) is 2. The Bertz CT molecular complexity index is 641. The van der Waals surface area contributed by atoms with Gasteiger partial charge in [0.15, 0.2) is 11.7 Å². The Hall–Kier alpha value is -1.61. The third-order valence-corrected chi connectivity index (χ3v) is 3.51. The largest absolute Gasteiger partial charge is 0.377 e. The van der Waals surface area contributed by atoms with E-state index >= 15 is 0 Å². The van der Waals surface area contributed by atoms with Crippen LogP contribution < -0.4 is 10.6 Å². The quantitative estimate of drug-likeness (QED) is 0.407. The molecule has 0 atom stereocenters. The van der Waals surface area contributed by atoms with Gasteiger partial charge in [0.2, 0.25) is 0 Å². The predicted octanol–water partition coefficient (Wildman–Crippen LogP) is 3.05. The van der Waals surface area contributed by atoms with Gasteiger partial charge in [-0.05, 0) is 13.8 Å². The monoisotopic (exact) mass is 444 g/mol. The molecule has 0 saturated heterocycles. The maximum atomic E-state index is 5.38. The number of benzene rings is 1. The van der Waals surface area contributed by atoms with Crippen molar-refractivity contribution >= 4 is 29.9 Å². The maximum absolute atomic E-state index is 5.38. The SMILES string of the molecule is CN=C(NCc1cc(-c2ccccc2)on1)NCC(C)(C)OC.I. The molecule has 0 aliphatic heterocycles. The van der Waals surface area contributed by atoms with Crippen LogP contribution >= 0.6 is 24.0 Å². The molecule has 132 valence electrons. The van der Waals surface area contributed by atoms with Gasteiger partial charge in [-0.15, -0.1) is 24.0 Å². The van der Waals surface area contributed by atoms with E-state index < -0.39 is 0 Å². The lowest BCUT2D eigenvalue weighted by Gasteiger charge is -2.24. The number of aromatic nitrogens is 1. The van der Waals surface area contributed by atoms with Crippen LogP contribution in [0.3, 0.4) is 0 Å². The van der Waals surface area contributed by atoms with Crippen LogP contribution in [-0.4, -0.2) is 37.4 Å². The summed E-state index contributed by atoms with van der Waals surface area (Å²) in [4.78, 5) is 4.19. The van der Waals surface area contributed by atoms with Gasteiger partial charge in [-0.1, -0.05) is 35.5 Å². The molecule has 0 bridgehead atoms. The second-order valence-electron chi connectivity index (χ2n) is 5.79. The molecule has 0 spiro atoms. The van der Waals surface area contributed by atoms with Gasteiger partial charge in [0.1, 0.15) is 5.69 Å². The molecular weight excluding hydrogens is 419 g/mol. The molecule has 0 saturated carbocycles. The highest BCUT2D eigenvalue weighted by atomic mass is 127. The topological polar surface area (TPSA) is 71.7 Å². The van der Waals surface area contributed by atoms with Crippen molar-refractivity contribution in [1.82, 2.24) is 15.8 Å². The first-order chi connectivity index (χ1) is 11.0. The third-order valence-electron chi connectivity index (χ3n) is 3.51. The molecule has 1 heterocycles. The summed E-state index contributed by atoms with van der Waals surface area (Å²) in [6, 6.07) is 11.8. The Morgan fingerprint density at radius 3 is 2.58 bits per heavy atom. The van der Waals surface area contributed by atoms with Gasteiger partial charge in [0.05, 0.1) is 12.1 Å². The fourth-order valence-electron chi connectivity index (χ4n) is 1.90. The van der Waals surface area contributed by atoms with E-state index in [9.17, 15) is 0 Å². The van der Waals surface area contributed by atoms with Crippen LogP contribution in [0.5, 0.6) is 0 Å². The molecule has 0 unspecified atom stereocenters. The van der Waals surface area contributed by atoms with Crippen molar-refractivity contribution in [2.24, 2.45) is 4.99 Å². The average molecular weight is 444 g/mol. The minimum absolute atomic E-state index is 0. The Balaban J connectivity index is 0.00000288. The maximum Gasteiger partial charge on any atom is 0.191 e. The van der Waals surface area contributed by atoms with E-state index in [4.69, 9.17) is 9.26 Å². The second-order valence-corrected chi connectivity index (χ2v) is 5.79. The summed E-state index contributed by atoms with van der Waals surface area (Å²) in [5.74, 6) is 1.45. The van der Waals surface area contributed by atoms with Crippen molar-refractivity contribution in [3.8, 4) is 11.3 Å². The summed E-state index contributed by atoms with van der Waals surface area (Å²) in [6.07, 6.45) is 0. The third kappa shape index (κ3) is 6.12. The first-order valence-electron chi connectivity index (χ1n) is 7.55. The molecule has 0 aliphatic carbocycles. The fourth-order valence-corrected chi connectivity index (χ4v) is 1.90. The number of hydrogen-bond acceptors (Lipinski definition) is 4. The summed E-state index contributed by atoms with van der Waals surface area (Å²) in [5, 5.41) is 10.5. The molecule has 0 aliphatic rings. The number of rotatable bonds is 6. The summed E-state index contributed by atoms with van der Waals surface area (Å²) in [6.45, 7) is 5.20. The molecule has 1 aromatic heterocycles. The van der Waals surface area contributed by atoms with Gasteiger partial charge in [-0.25, -0.2) is 0 Å². The van der Waals surface area contributed by atoms with Gasteiger partial charge >= 0.3 is 0 Å². The Morgan fingerprint density at radius 2 is 1.96 bits per heavy atom. The zero-order valence-electron chi connectivity index (χ0n) is 14.5. The van der Waals surface area contributed by atoms with Crippen molar-refractivity contribution in [3.05, 3.63) is 42.1 Å². The lowest BCUT2D eigenvalue weighted by atomic mass is 10.1. The number of guanidine groups is 1. The van der Waals surface area contributed by atoms with Crippen molar-refractivity contribution in [3.63, 3.8) is 0 Å². The van der Waals surface area contributed by atoms with E-state index in [1.165, 1.54) is 0 Å². The molecule has 1 aromatic carbocycles. The normalized spacial score (nSPS) is 11.8. The highest BCUT2D eigenvalue weighted by molar-refractivity contribution is 14.0. The number of ether oxygens (including phenoxy) is 1. The molecule has 0 amide bonds. The van der Waals surface area contributed by atoms with Crippen molar-refractivity contribution < 1.29 is 9.26 Å². The highest BCUT2D eigenvalue weighted by Gasteiger charge is 2.16. The molecule has 2 N–H and O–H groups in total. The minimum atomic E-state index is -0.258. The number of nitrogens with one attached hydrogen (secondary N) is 2. The molecule has 6 nitrogen and oxygen atoms in total. The Morgan fingerprint density at radius 1 is 1.25 bits per heavy atom. The van der Waals surface area contributed by atoms with Gasteiger partial charge < -0.3 is 19.9 Å². The molecule has 24 heavy (non-hydrogen) atoms. The van der Waals surface area contributed by atoms with Crippen molar-refractivity contribution in [2.75, 3.05) is 20.7 Å². The molecular formula is C17H25IN4O2. The van der Waals surface area contributed by atoms with Crippen LogP contribution in [0, 0.1) is 0 Å². The summed E-state index contributed by atoms with van der Waals surface area (Å²) in [7, 11) is 3.42. The van der Waals surface area contributed by atoms with Crippen molar-refractivity contribution in [1.29, 1.82) is 0 Å².